The first-order valence-electron chi connectivity index (χ1n) is 5.80. The molecule has 3 heteroatoms. The van der Waals surface area contributed by atoms with Crippen LogP contribution in [0.15, 0.2) is 22.7 Å². The SMILES string of the molecule is Cc1cc(Br)ccc1CN1CCC[C@H]1CO. The average molecular weight is 284 g/mol. The number of rotatable bonds is 3. The summed E-state index contributed by atoms with van der Waals surface area (Å²) in [5.74, 6) is 0. The Labute approximate surface area is 105 Å². The highest BCUT2D eigenvalue weighted by Crippen LogP contribution is 2.22. The first kappa shape index (κ1) is 12.1. The molecule has 0 unspecified atom stereocenters. The van der Waals surface area contributed by atoms with Gasteiger partial charge in [-0.3, -0.25) is 4.90 Å². The number of hydrogen-bond acceptors (Lipinski definition) is 2. The summed E-state index contributed by atoms with van der Waals surface area (Å²) in [5.41, 5.74) is 2.68. The van der Waals surface area contributed by atoms with Crippen LogP contribution in [0.5, 0.6) is 0 Å². The van der Waals surface area contributed by atoms with Gasteiger partial charge in [0.2, 0.25) is 0 Å². The fraction of sp³-hybridized carbons (Fsp3) is 0.538. The average Bonchev–Trinajstić information content (AvgIpc) is 2.69. The van der Waals surface area contributed by atoms with Gasteiger partial charge in [-0.1, -0.05) is 22.0 Å². The van der Waals surface area contributed by atoms with Crippen molar-refractivity contribution >= 4 is 15.9 Å². The fourth-order valence-electron chi connectivity index (χ4n) is 2.37. The van der Waals surface area contributed by atoms with Gasteiger partial charge in [-0.2, -0.15) is 0 Å². The summed E-state index contributed by atoms with van der Waals surface area (Å²) in [6.45, 7) is 4.50. The number of hydrogen-bond donors (Lipinski definition) is 1. The predicted octanol–water partition coefficient (Wildman–Crippen LogP) is 2.71. The Morgan fingerprint density at radius 2 is 2.31 bits per heavy atom. The third kappa shape index (κ3) is 2.65. The van der Waals surface area contributed by atoms with E-state index in [1.165, 1.54) is 17.5 Å². The Hall–Kier alpha value is -0.380. The molecule has 0 saturated carbocycles. The van der Waals surface area contributed by atoms with Crippen LogP contribution in [0, 0.1) is 6.92 Å². The van der Waals surface area contributed by atoms with Crippen LogP contribution < -0.4 is 0 Å². The minimum absolute atomic E-state index is 0.287. The van der Waals surface area contributed by atoms with Crippen molar-refractivity contribution in [2.45, 2.75) is 32.4 Å². The summed E-state index contributed by atoms with van der Waals surface area (Å²) in [5, 5.41) is 9.28. The number of aryl methyl sites for hydroxylation is 1. The maximum atomic E-state index is 9.28. The van der Waals surface area contributed by atoms with E-state index in [1.807, 2.05) is 0 Å². The fourth-order valence-corrected chi connectivity index (χ4v) is 2.84. The van der Waals surface area contributed by atoms with Crippen LogP contribution in [0.25, 0.3) is 0 Å². The number of benzene rings is 1. The van der Waals surface area contributed by atoms with Crippen molar-refractivity contribution < 1.29 is 5.11 Å². The van der Waals surface area contributed by atoms with Gasteiger partial charge in [0.05, 0.1) is 6.61 Å². The van der Waals surface area contributed by atoms with Crippen molar-refractivity contribution in [1.82, 2.24) is 4.90 Å². The number of halogens is 1. The minimum atomic E-state index is 0.287. The predicted molar refractivity (Wildman–Crippen MR) is 69.4 cm³/mol. The summed E-state index contributed by atoms with van der Waals surface area (Å²) in [6, 6.07) is 6.78. The van der Waals surface area contributed by atoms with Crippen LogP contribution >= 0.6 is 15.9 Å². The lowest BCUT2D eigenvalue weighted by molar-refractivity contribution is 0.153. The molecule has 2 nitrogen and oxygen atoms in total. The number of aliphatic hydroxyl groups excluding tert-OH is 1. The Bertz CT molecular complexity index is 367. The molecule has 1 N–H and O–H groups in total. The van der Waals surface area contributed by atoms with Crippen LogP contribution in [-0.4, -0.2) is 29.2 Å². The van der Waals surface area contributed by atoms with E-state index in [0.29, 0.717) is 6.04 Å². The molecule has 1 saturated heterocycles. The van der Waals surface area contributed by atoms with Gasteiger partial charge >= 0.3 is 0 Å². The highest BCUT2D eigenvalue weighted by Gasteiger charge is 2.23. The largest absolute Gasteiger partial charge is 0.395 e. The van der Waals surface area contributed by atoms with Crippen LogP contribution in [0.1, 0.15) is 24.0 Å². The van der Waals surface area contributed by atoms with Crippen LogP contribution in [0.4, 0.5) is 0 Å². The molecule has 0 radical (unpaired) electrons. The Kier molecular flexibility index (Phi) is 4.00. The highest BCUT2D eigenvalue weighted by atomic mass is 79.9. The zero-order chi connectivity index (χ0) is 11.5. The molecule has 0 aromatic heterocycles. The molecule has 1 aromatic rings. The van der Waals surface area contributed by atoms with E-state index in [2.05, 4.69) is 46.0 Å². The van der Waals surface area contributed by atoms with Crippen molar-refractivity contribution in [2.24, 2.45) is 0 Å². The second-order valence-corrected chi connectivity index (χ2v) is 5.44. The van der Waals surface area contributed by atoms with E-state index in [-0.39, 0.29) is 6.61 Å². The van der Waals surface area contributed by atoms with E-state index < -0.39 is 0 Å². The summed E-state index contributed by atoms with van der Waals surface area (Å²) in [6.07, 6.45) is 2.34. The van der Waals surface area contributed by atoms with Crippen molar-refractivity contribution in [2.75, 3.05) is 13.2 Å². The molecular weight excluding hydrogens is 266 g/mol. The van der Waals surface area contributed by atoms with Crippen molar-refractivity contribution in [1.29, 1.82) is 0 Å². The molecule has 1 fully saturated rings. The van der Waals surface area contributed by atoms with Gasteiger partial charge in [-0.15, -0.1) is 0 Å². The Balaban J connectivity index is 2.08. The molecule has 1 aliphatic rings. The first-order chi connectivity index (χ1) is 7.70. The van der Waals surface area contributed by atoms with E-state index in [4.69, 9.17) is 0 Å². The maximum absolute atomic E-state index is 9.28. The van der Waals surface area contributed by atoms with E-state index in [0.717, 1.165) is 24.0 Å². The monoisotopic (exact) mass is 283 g/mol. The number of nitrogens with zero attached hydrogens (tertiary/aromatic N) is 1. The van der Waals surface area contributed by atoms with Gasteiger partial charge in [0.25, 0.3) is 0 Å². The normalized spacial score (nSPS) is 21.6. The van der Waals surface area contributed by atoms with Gasteiger partial charge < -0.3 is 5.11 Å². The standard InChI is InChI=1S/C13H18BrNO/c1-10-7-12(14)5-4-11(10)8-15-6-2-3-13(15)9-16/h4-5,7,13,16H,2-3,6,8-9H2,1H3/t13-/m0/s1. The van der Waals surface area contributed by atoms with Gasteiger partial charge in [0, 0.05) is 17.1 Å². The third-order valence-electron chi connectivity index (χ3n) is 3.39. The van der Waals surface area contributed by atoms with Crippen molar-refractivity contribution in [3.05, 3.63) is 33.8 Å². The highest BCUT2D eigenvalue weighted by molar-refractivity contribution is 9.10. The van der Waals surface area contributed by atoms with Gasteiger partial charge in [0.1, 0.15) is 0 Å². The number of likely N-dealkylation sites (tertiary alicyclic amines) is 1. The summed E-state index contributed by atoms with van der Waals surface area (Å²) in [4.78, 5) is 2.39. The second-order valence-electron chi connectivity index (χ2n) is 4.52. The Morgan fingerprint density at radius 3 is 3.00 bits per heavy atom. The third-order valence-corrected chi connectivity index (χ3v) is 3.88. The van der Waals surface area contributed by atoms with Gasteiger partial charge in [-0.25, -0.2) is 0 Å². The van der Waals surface area contributed by atoms with E-state index >= 15 is 0 Å². The van der Waals surface area contributed by atoms with Crippen LogP contribution in [0.2, 0.25) is 0 Å². The lowest BCUT2D eigenvalue weighted by Gasteiger charge is -2.23. The summed E-state index contributed by atoms with van der Waals surface area (Å²) < 4.78 is 1.13. The molecule has 0 aliphatic carbocycles. The summed E-state index contributed by atoms with van der Waals surface area (Å²) >= 11 is 3.48. The van der Waals surface area contributed by atoms with Crippen LogP contribution in [0.3, 0.4) is 0 Å². The molecular formula is C13H18BrNO. The van der Waals surface area contributed by atoms with Gasteiger partial charge in [-0.05, 0) is 49.6 Å². The zero-order valence-electron chi connectivity index (χ0n) is 9.62. The van der Waals surface area contributed by atoms with Gasteiger partial charge in [0.15, 0.2) is 0 Å². The molecule has 1 atom stereocenters. The van der Waals surface area contributed by atoms with Crippen molar-refractivity contribution in [3.8, 4) is 0 Å². The second kappa shape index (κ2) is 5.30. The number of aliphatic hydroxyl groups is 1. The maximum Gasteiger partial charge on any atom is 0.0587 e. The lowest BCUT2D eigenvalue weighted by atomic mass is 10.1. The molecule has 88 valence electrons. The first-order valence-corrected chi connectivity index (χ1v) is 6.60. The molecule has 2 rings (SSSR count). The van der Waals surface area contributed by atoms with E-state index in [9.17, 15) is 5.11 Å². The Morgan fingerprint density at radius 1 is 1.50 bits per heavy atom. The topological polar surface area (TPSA) is 23.5 Å². The quantitative estimate of drug-likeness (QED) is 0.922. The minimum Gasteiger partial charge on any atom is -0.395 e. The van der Waals surface area contributed by atoms with E-state index in [1.54, 1.807) is 0 Å². The molecule has 0 amide bonds. The molecule has 1 aliphatic heterocycles. The molecule has 1 aromatic carbocycles. The molecule has 1 heterocycles. The molecule has 0 spiro atoms. The van der Waals surface area contributed by atoms with Crippen molar-refractivity contribution in [3.63, 3.8) is 0 Å². The smallest absolute Gasteiger partial charge is 0.0587 e. The molecule has 16 heavy (non-hydrogen) atoms. The zero-order valence-corrected chi connectivity index (χ0v) is 11.2. The lowest BCUT2D eigenvalue weighted by Crippen LogP contribution is -2.31. The summed E-state index contributed by atoms with van der Waals surface area (Å²) in [7, 11) is 0. The van der Waals surface area contributed by atoms with Crippen LogP contribution in [-0.2, 0) is 6.54 Å². The molecule has 0 bridgehead atoms.